The Kier molecular flexibility index (Phi) is 6.74. The average molecular weight is 444 g/mol. The van der Waals surface area contributed by atoms with Crippen molar-refractivity contribution < 1.29 is 22.8 Å². The van der Waals surface area contributed by atoms with E-state index in [1.54, 1.807) is 19.1 Å². The van der Waals surface area contributed by atoms with Crippen LogP contribution in [-0.2, 0) is 26.2 Å². The van der Waals surface area contributed by atoms with Gasteiger partial charge in [-0.2, -0.15) is 0 Å². The van der Waals surface area contributed by atoms with Gasteiger partial charge in [-0.15, -0.1) is 0 Å². The Bertz CT molecular complexity index is 1090. The van der Waals surface area contributed by atoms with Crippen LogP contribution in [-0.4, -0.2) is 55.0 Å². The lowest BCUT2D eigenvalue weighted by Crippen LogP contribution is -2.49. The first-order valence-electron chi connectivity index (χ1n) is 10.0. The average Bonchev–Trinajstić information content (AvgIpc) is 2.97. The van der Waals surface area contributed by atoms with Crippen molar-refractivity contribution in [1.29, 1.82) is 0 Å². The van der Waals surface area contributed by atoms with Gasteiger partial charge in [-0.3, -0.25) is 14.4 Å². The molecule has 8 nitrogen and oxygen atoms in total. The standard InChI is InChI=1S/C22H25N3O5S/c1-3-18(21(27)23-2)24(15-16-9-5-4-6-10-16)20(26)13-14-25-22(28)17-11-7-8-12-19(17)31(25,29)30/h4-12,18H,3,13-15H2,1-2H3,(H,23,27)/t18-/m0/s1. The summed E-state index contributed by atoms with van der Waals surface area (Å²) in [5.74, 6) is -1.35. The lowest BCUT2D eigenvalue weighted by atomic mass is 10.1. The second-order valence-corrected chi connectivity index (χ2v) is 9.00. The number of likely N-dealkylation sites (N-methyl/N-ethyl adjacent to an activating group) is 1. The lowest BCUT2D eigenvalue weighted by molar-refractivity contribution is -0.141. The number of rotatable bonds is 8. The van der Waals surface area contributed by atoms with Gasteiger partial charge in [0.15, 0.2) is 0 Å². The highest BCUT2D eigenvalue weighted by Crippen LogP contribution is 2.30. The molecule has 2 aromatic carbocycles. The summed E-state index contributed by atoms with van der Waals surface area (Å²) in [5.41, 5.74) is 0.948. The smallest absolute Gasteiger partial charge is 0.269 e. The molecule has 9 heteroatoms. The molecular formula is C22H25N3O5S. The zero-order chi connectivity index (χ0) is 22.6. The number of amides is 3. The van der Waals surface area contributed by atoms with Crippen molar-refractivity contribution in [2.75, 3.05) is 13.6 Å². The highest BCUT2D eigenvalue weighted by atomic mass is 32.2. The molecule has 1 aliphatic heterocycles. The Balaban J connectivity index is 1.81. The highest BCUT2D eigenvalue weighted by molar-refractivity contribution is 7.90. The van der Waals surface area contributed by atoms with Crippen LogP contribution in [0.3, 0.4) is 0 Å². The molecular weight excluding hydrogens is 418 g/mol. The summed E-state index contributed by atoms with van der Waals surface area (Å²) < 4.78 is 26.2. The summed E-state index contributed by atoms with van der Waals surface area (Å²) in [7, 11) is -2.49. The Hall–Kier alpha value is -3.20. The quantitative estimate of drug-likeness (QED) is 0.670. The van der Waals surface area contributed by atoms with Crippen molar-refractivity contribution in [2.45, 2.75) is 37.2 Å². The predicted molar refractivity (Wildman–Crippen MR) is 114 cm³/mol. The topological polar surface area (TPSA) is 104 Å². The highest BCUT2D eigenvalue weighted by Gasteiger charge is 2.41. The second-order valence-electron chi connectivity index (χ2n) is 7.17. The lowest BCUT2D eigenvalue weighted by Gasteiger charge is -2.30. The molecule has 1 heterocycles. The molecule has 0 saturated carbocycles. The van der Waals surface area contributed by atoms with Crippen LogP contribution in [0.15, 0.2) is 59.5 Å². The van der Waals surface area contributed by atoms with Crippen molar-refractivity contribution in [3.8, 4) is 0 Å². The molecule has 3 rings (SSSR count). The zero-order valence-corrected chi connectivity index (χ0v) is 18.3. The molecule has 0 saturated heterocycles. The molecule has 1 aliphatic rings. The minimum Gasteiger partial charge on any atom is -0.357 e. The largest absolute Gasteiger partial charge is 0.357 e. The van der Waals surface area contributed by atoms with Crippen molar-refractivity contribution in [3.05, 3.63) is 65.7 Å². The Morgan fingerprint density at radius 3 is 2.32 bits per heavy atom. The summed E-state index contributed by atoms with van der Waals surface area (Å²) in [6, 6.07) is 14.5. The van der Waals surface area contributed by atoms with Crippen molar-refractivity contribution >= 4 is 27.7 Å². The number of fused-ring (bicyclic) bond motifs is 1. The molecule has 0 spiro atoms. The number of benzene rings is 2. The van der Waals surface area contributed by atoms with Crippen molar-refractivity contribution in [2.24, 2.45) is 0 Å². The van der Waals surface area contributed by atoms with Gasteiger partial charge in [0.25, 0.3) is 15.9 Å². The normalized spacial score (nSPS) is 15.3. The monoisotopic (exact) mass is 443 g/mol. The zero-order valence-electron chi connectivity index (χ0n) is 17.4. The SMILES string of the molecule is CC[C@@H](C(=O)NC)N(Cc1ccccc1)C(=O)CCN1C(=O)c2ccccc2S1(=O)=O. The number of hydrogen-bond donors (Lipinski definition) is 1. The first-order chi connectivity index (χ1) is 14.8. The molecule has 0 aromatic heterocycles. The third kappa shape index (κ3) is 4.46. The van der Waals surface area contributed by atoms with E-state index >= 15 is 0 Å². The molecule has 3 amide bonds. The number of carbonyl (C=O) groups is 3. The summed E-state index contributed by atoms with van der Waals surface area (Å²) >= 11 is 0. The van der Waals surface area contributed by atoms with Gasteiger partial charge < -0.3 is 10.2 Å². The fourth-order valence-electron chi connectivity index (χ4n) is 3.66. The molecule has 164 valence electrons. The van der Waals surface area contributed by atoms with E-state index in [9.17, 15) is 22.8 Å². The summed E-state index contributed by atoms with van der Waals surface area (Å²) in [6.45, 7) is 1.72. The number of nitrogens with one attached hydrogen (secondary N) is 1. The van der Waals surface area contributed by atoms with Crippen LogP contribution < -0.4 is 5.32 Å². The first-order valence-corrected chi connectivity index (χ1v) is 11.5. The van der Waals surface area contributed by atoms with E-state index in [1.807, 2.05) is 30.3 Å². The van der Waals surface area contributed by atoms with E-state index in [0.717, 1.165) is 9.87 Å². The maximum atomic E-state index is 13.1. The molecule has 2 aromatic rings. The van der Waals surface area contributed by atoms with Crippen LogP contribution in [0.2, 0.25) is 0 Å². The van der Waals surface area contributed by atoms with Gasteiger partial charge in [0.05, 0.1) is 5.56 Å². The van der Waals surface area contributed by atoms with Crippen molar-refractivity contribution in [3.63, 3.8) is 0 Å². The molecule has 0 bridgehead atoms. The van der Waals surface area contributed by atoms with E-state index in [4.69, 9.17) is 0 Å². The Labute approximate surface area is 181 Å². The minimum absolute atomic E-state index is 0.0506. The summed E-state index contributed by atoms with van der Waals surface area (Å²) in [4.78, 5) is 39.5. The third-order valence-corrected chi connectivity index (χ3v) is 7.11. The van der Waals surface area contributed by atoms with Gasteiger partial charge in [-0.25, -0.2) is 12.7 Å². The third-order valence-electron chi connectivity index (χ3n) is 5.27. The van der Waals surface area contributed by atoms with Gasteiger partial charge in [-0.05, 0) is 24.1 Å². The fraction of sp³-hybridized carbons (Fsp3) is 0.318. The van der Waals surface area contributed by atoms with Crippen LogP contribution in [0.1, 0.15) is 35.7 Å². The predicted octanol–water partition coefficient (Wildman–Crippen LogP) is 1.77. The maximum absolute atomic E-state index is 13.1. The number of carbonyl (C=O) groups excluding carboxylic acids is 3. The molecule has 0 aliphatic carbocycles. The van der Waals surface area contributed by atoms with E-state index in [-0.39, 0.29) is 35.9 Å². The van der Waals surface area contributed by atoms with Crippen LogP contribution in [0, 0.1) is 0 Å². The molecule has 31 heavy (non-hydrogen) atoms. The van der Waals surface area contributed by atoms with E-state index in [1.165, 1.54) is 24.1 Å². The minimum atomic E-state index is -3.99. The summed E-state index contributed by atoms with van der Waals surface area (Å²) in [5, 5.41) is 2.57. The second kappa shape index (κ2) is 9.30. The van der Waals surface area contributed by atoms with E-state index < -0.39 is 27.9 Å². The van der Waals surface area contributed by atoms with Gasteiger partial charge in [-0.1, -0.05) is 49.4 Å². The van der Waals surface area contributed by atoms with E-state index in [0.29, 0.717) is 6.42 Å². The Morgan fingerprint density at radius 2 is 1.71 bits per heavy atom. The van der Waals surface area contributed by atoms with Gasteiger partial charge >= 0.3 is 0 Å². The van der Waals surface area contributed by atoms with E-state index in [2.05, 4.69) is 5.32 Å². The maximum Gasteiger partial charge on any atom is 0.269 e. The van der Waals surface area contributed by atoms with Crippen LogP contribution in [0.25, 0.3) is 0 Å². The fourth-order valence-corrected chi connectivity index (χ4v) is 5.23. The number of nitrogens with zero attached hydrogens (tertiary/aromatic N) is 2. The molecule has 0 unspecified atom stereocenters. The molecule has 1 atom stereocenters. The summed E-state index contributed by atoms with van der Waals surface area (Å²) in [6.07, 6.45) is 0.171. The number of sulfonamides is 1. The van der Waals surface area contributed by atoms with Crippen LogP contribution in [0.4, 0.5) is 0 Å². The van der Waals surface area contributed by atoms with Gasteiger partial charge in [0.2, 0.25) is 11.8 Å². The van der Waals surface area contributed by atoms with Gasteiger partial charge in [0, 0.05) is 26.6 Å². The number of hydrogen-bond acceptors (Lipinski definition) is 5. The first kappa shape index (κ1) is 22.5. The molecule has 0 fully saturated rings. The van der Waals surface area contributed by atoms with Gasteiger partial charge in [0.1, 0.15) is 10.9 Å². The van der Waals surface area contributed by atoms with Crippen LogP contribution in [0.5, 0.6) is 0 Å². The molecule has 1 N–H and O–H groups in total. The van der Waals surface area contributed by atoms with Crippen LogP contribution >= 0.6 is 0 Å². The molecule has 0 radical (unpaired) electrons. The Morgan fingerprint density at radius 1 is 1.06 bits per heavy atom. The van der Waals surface area contributed by atoms with Crippen molar-refractivity contribution in [1.82, 2.24) is 14.5 Å².